The zero-order valence-corrected chi connectivity index (χ0v) is 19.0. The summed E-state index contributed by atoms with van der Waals surface area (Å²) in [7, 11) is 0. The molecule has 8 nitrogen and oxygen atoms in total. The molecule has 8 heteroatoms. The van der Waals surface area contributed by atoms with Gasteiger partial charge in [-0.1, -0.05) is 12.1 Å². The van der Waals surface area contributed by atoms with Crippen LogP contribution >= 0.6 is 0 Å². The Morgan fingerprint density at radius 3 is 2.61 bits per heavy atom. The van der Waals surface area contributed by atoms with Crippen LogP contribution in [0.15, 0.2) is 24.4 Å². The van der Waals surface area contributed by atoms with Gasteiger partial charge in [-0.3, -0.25) is 4.79 Å². The van der Waals surface area contributed by atoms with Gasteiger partial charge in [0.1, 0.15) is 11.4 Å². The normalized spacial score (nSPS) is 16.6. The zero-order valence-electron chi connectivity index (χ0n) is 19.0. The van der Waals surface area contributed by atoms with Crippen LogP contribution in [-0.4, -0.2) is 65.9 Å². The predicted molar refractivity (Wildman–Crippen MR) is 118 cm³/mol. The van der Waals surface area contributed by atoms with Crippen molar-refractivity contribution >= 4 is 22.9 Å². The molecule has 1 aliphatic heterocycles. The maximum absolute atomic E-state index is 12.7. The maximum Gasteiger partial charge on any atom is 0.407 e. The van der Waals surface area contributed by atoms with Crippen molar-refractivity contribution in [2.24, 2.45) is 0 Å². The second-order valence-electron chi connectivity index (χ2n) is 8.94. The van der Waals surface area contributed by atoms with Crippen LogP contribution in [0, 0.1) is 0 Å². The number of carbonyl (C=O) groups excluding carboxylic acids is 2. The minimum Gasteiger partial charge on any atom is -0.479 e. The lowest BCUT2D eigenvalue weighted by Gasteiger charge is -2.29. The Morgan fingerprint density at radius 2 is 1.94 bits per heavy atom. The quantitative estimate of drug-likeness (QED) is 0.732. The van der Waals surface area contributed by atoms with Crippen LogP contribution in [0.5, 0.6) is 5.75 Å². The highest BCUT2D eigenvalue weighted by Gasteiger charge is 2.25. The van der Waals surface area contributed by atoms with Crippen molar-refractivity contribution in [2.75, 3.05) is 26.3 Å². The third-order valence-corrected chi connectivity index (χ3v) is 5.03. The standard InChI is InChI=1S/C23H33N3O5/c1-15(25-22(28)31-23(3,4)5)13-17-14-24-20-18(17)7-6-8-19(20)30-16(2)21(27)26-9-11-29-12-10-26/h6-8,14-16,24H,9-13H2,1-5H3,(H,25,28)/t15-,16+/m1/s1. The lowest BCUT2D eigenvalue weighted by molar-refractivity contribution is -0.142. The number of aromatic nitrogens is 1. The molecule has 0 aliphatic carbocycles. The number of aromatic amines is 1. The van der Waals surface area contributed by atoms with Crippen molar-refractivity contribution in [3.63, 3.8) is 0 Å². The SMILES string of the molecule is C[C@H](Cc1c[nH]c2c(O[C@@H](C)C(=O)N3CCOCC3)cccc12)NC(=O)OC(C)(C)C. The number of carbonyl (C=O) groups is 2. The van der Waals surface area contributed by atoms with E-state index in [0.29, 0.717) is 38.5 Å². The smallest absolute Gasteiger partial charge is 0.407 e. The van der Waals surface area contributed by atoms with Gasteiger partial charge < -0.3 is 29.4 Å². The topological polar surface area (TPSA) is 92.9 Å². The van der Waals surface area contributed by atoms with Gasteiger partial charge in [-0.15, -0.1) is 0 Å². The van der Waals surface area contributed by atoms with Crippen LogP contribution in [0.3, 0.4) is 0 Å². The van der Waals surface area contributed by atoms with Crippen molar-refractivity contribution in [1.29, 1.82) is 0 Å². The number of rotatable bonds is 6. The van der Waals surface area contributed by atoms with Crippen LogP contribution in [0.1, 0.15) is 40.2 Å². The van der Waals surface area contributed by atoms with Gasteiger partial charge in [0, 0.05) is 30.7 Å². The first kappa shape index (κ1) is 22.9. The van der Waals surface area contributed by atoms with Crippen molar-refractivity contribution < 1.29 is 23.8 Å². The number of alkyl carbamates (subject to hydrolysis) is 1. The molecular weight excluding hydrogens is 398 g/mol. The summed E-state index contributed by atoms with van der Waals surface area (Å²) in [6.07, 6.45) is 1.52. The molecule has 31 heavy (non-hydrogen) atoms. The summed E-state index contributed by atoms with van der Waals surface area (Å²) in [6.45, 7) is 11.5. The van der Waals surface area contributed by atoms with Gasteiger partial charge in [0.2, 0.25) is 0 Å². The number of nitrogens with one attached hydrogen (secondary N) is 2. The van der Waals surface area contributed by atoms with Crippen LogP contribution in [0.4, 0.5) is 4.79 Å². The lowest BCUT2D eigenvalue weighted by Crippen LogP contribution is -2.46. The largest absolute Gasteiger partial charge is 0.479 e. The van der Waals surface area contributed by atoms with Gasteiger partial charge in [-0.25, -0.2) is 4.79 Å². The molecule has 1 saturated heterocycles. The first-order valence-electron chi connectivity index (χ1n) is 10.8. The molecule has 0 unspecified atom stereocenters. The fraction of sp³-hybridized carbons (Fsp3) is 0.565. The van der Waals surface area contributed by atoms with Crippen LogP contribution in [0.25, 0.3) is 10.9 Å². The van der Waals surface area contributed by atoms with Gasteiger partial charge in [-0.05, 0) is 52.7 Å². The van der Waals surface area contributed by atoms with Crippen molar-refractivity contribution in [1.82, 2.24) is 15.2 Å². The second kappa shape index (κ2) is 9.60. The summed E-state index contributed by atoms with van der Waals surface area (Å²) >= 11 is 0. The van der Waals surface area contributed by atoms with E-state index < -0.39 is 17.8 Å². The monoisotopic (exact) mass is 431 g/mol. The lowest BCUT2D eigenvalue weighted by atomic mass is 10.1. The molecule has 2 N–H and O–H groups in total. The van der Waals surface area contributed by atoms with Crippen LogP contribution in [0.2, 0.25) is 0 Å². The number of morpholine rings is 1. The van der Waals surface area contributed by atoms with E-state index in [1.807, 2.05) is 52.1 Å². The molecule has 0 bridgehead atoms. The number of amides is 2. The molecule has 0 saturated carbocycles. The van der Waals surface area contributed by atoms with Crippen molar-refractivity contribution in [3.8, 4) is 5.75 Å². The predicted octanol–water partition coefficient (Wildman–Crippen LogP) is 3.25. The Labute approximate surface area is 183 Å². The number of benzene rings is 1. The first-order valence-corrected chi connectivity index (χ1v) is 10.8. The zero-order chi connectivity index (χ0) is 22.6. The highest BCUT2D eigenvalue weighted by atomic mass is 16.6. The second-order valence-corrected chi connectivity index (χ2v) is 8.94. The fourth-order valence-corrected chi connectivity index (χ4v) is 3.62. The van der Waals surface area contributed by atoms with Gasteiger partial charge >= 0.3 is 6.09 Å². The minimum atomic E-state index is -0.594. The summed E-state index contributed by atoms with van der Waals surface area (Å²) in [5, 5.41) is 3.87. The molecule has 2 amide bonds. The Hall–Kier alpha value is -2.74. The Bertz CT molecular complexity index is 912. The molecule has 0 spiro atoms. The summed E-state index contributed by atoms with van der Waals surface area (Å²) < 4.78 is 16.7. The van der Waals surface area contributed by atoms with Crippen LogP contribution in [-0.2, 0) is 20.7 Å². The molecule has 170 valence electrons. The van der Waals surface area contributed by atoms with Gasteiger partial charge in [0.25, 0.3) is 5.91 Å². The van der Waals surface area contributed by atoms with E-state index in [-0.39, 0.29) is 11.9 Å². The van der Waals surface area contributed by atoms with Crippen molar-refractivity contribution in [3.05, 3.63) is 30.0 Å². The molecule has 0 radical (unpaired) electrons. The van der Waals surface area contributed by atoms with Gasteiger partial charge in [0.15, 0.2) is 6.10 Å². The minimum absolute atomic E-state index is 0.0396. The van der Waals surface area contributed by atoms with Gasteiger partial charge in [0.05, 0.1) is 18.7 Å². The van der Waals surface area contributed by atoms with Crippen molar-refractivity contribution in [2.45, 2.75) is 58.8 Å². The molecule has 1 aromatic heterocycles. The molecule has 1 fully saturated rings. The highest BCUT2D eigenvalue weighted by Crippen LogP contribution is 2.29. The molecular formula is C23H33N3O5. The number of hydrogen-bond donors (Lipinski definition) is 2. The summed E-state index contributed by atoms with van der Waals surface area (Å²) in [5.74, 6) is 0.591. The Morgan fingerprint density at radius 1 is 1.23 bits per heavy atom. The number of H-pyrrole nitrogens is 1. The number of ether oxygens (including phenoxy) is 3. The molecule has 1 aliphatic rings. The number of para-hydroxylation sites is 1. The van der Waals surface area contributed by atoms with E-state index in [0.717, 1.165) is 16.5 Å². The molecule has 3 rings (SSSR count). The average Bonchev–Trinajstić information content (AvgIpc) is 3.10. The average molecular weight is 432 g/mol. The molecule has 1 aromatic carbocycles. The number of hydrogen-bond acceptors (Lipinski definition) is 5. The number of fused-ring (bicyclic) bond motifs is 1. The molecule has 2 heterocycles. The van der Waals surface area contributed by atoms with E-state index in [9.17, 15) is 9.59 Å². The summed E-state index contributed by atoms with van der Waals surface area (Å²) in [4.78, 5) is 29.7. The van der Waals surface area contributed by atoms with E-state index in [1.54, 1.807) is 11.8 Å². The first-order chi connectivity index (χ1) is 14.6. The third-order valence-electron chi connectivity index (χ3n) is 5.03. The highest BCUT2D eigenvalue weighted by molar-refractivity contribution is 5.89. The van der Waals surface area contributed by atoms with E-state index in [4.69, 9.17) is 14.2 Å². The maximum atomic E-state index is 12.7. The van der Waals surface area contributed by atoms with E-state index in [1.165, 1.54) is 0 Å². The van der Waals surface area contributed by atoms with E-state index >= 15 is 0 Å². The summed E-state index contributed by atoms with van der Waals surface area (Å²) in [5.41, 5.74) is 1.35. The van der Waals surface area contributed by atoms with E-state index in [2.05, 4.69) is 10.3 Å². The Balaban J connectivity index is 1.66. The Kier molecular flexibility index (Phi) is 7.10. The molecule has 2 atom stereocenters. The fourth-order valence-electron chi connectivity index (χ4n) is 3.62. The van der Waals surface area contributed by atoms with Gasteiger partial charge in [-0.2, -0.15) is 0 Å². The summed E-state index contributed by atoms with van der Waals surface area (Å²) in [6, 6.07) is 5.66. The molecule has 2 aromatic rings. The van der Waals surface area contributed by atoms with Crippen LogP contribution < -0.4 is 10.1 Å². The third kappa shape index (κ3) is 6.13. The number of nitrogens with zero attached hydrogens (tertiary/aromatic N) is 1.